The van der Waals surface area contributed by atoms with Crippen LogP contribution in [0.1, 0.15) is 6.42 Å². The average Bonchev–Trinajstić information content (AvgIpc) is 2.22. The second-order valence-electron chi connectivity index (χ2n) is 3.67. The van der Waals surface area contributed by atoms with Gasteiger partial charge in [0.2, 0.25) is 0 Å². The third-order valence-electron chi connectivity index (χ3n) is 2.47. The molecule has 15 heavy (non-hydrogen) atoms. The molecule has 3 nitrogen and oxygen atoms in total. The van der Waals surface area contributed by atoms with Gasteiger partial charge in [-0.3, -0.25) is 0 Å². The molecule has 0 aliphatic carbocycles. The number of nitrogens with one attached hydrogen (secondary N) is 1. The van der Waals surface area contributed by atoms with Crippen LogP contribution in [0.3, 0.4) is 0 Å². The van der Waals surface area contributed by atoms with Crippen molar-refractivity contribution < 1.29 is 9.84 Å². The van der Waals surface area contributed by atoms with Gasteiger partial charge in [0.15, 0.2) is 0 Å². The predicted molar refractivity (Wildman–Crippen MR) is 59.4 cm³/mol. The van der Waals surface area contributed by atoms with E-state index in [0.29, 0.717) is 17.3 Å². The Bertz CT molecular complexity index is 332. The second-order valence-corrected chi connectivity index (χ2v) is 4.11. The molecule has 1 aromatic rings. The quantitative estimate of drug-likeness (QED) is 0.804. The van der Waals surface area contributed by atoms with Gasteiger partial charge in [-0.05, 0) is 31.2 Å². The molecule has 0 amide bonds. The highest BCUT2D eigenvalue weighted by molar-refractivity contribution is 6.30. The highest BCUT2D eigenvalue weighted by atomic mass is 35.5. The average molecular weight is 228 g/mol. The molecule has 0 spiro atoms. The van der Waals surface area contributed by atoms with E-state index in [4.69, 9.17) is 16.3 Å². The maximum atomic E-state index is 9.68. The third kappa shape index (κ3) is 2.84. The first-order valence-electron chi connectivity index (χ1n) is 5.07. The fourth-order valence-corrected chi connectivity index (χ4v) is 1.85. The van der Waals surface area contributed by atoms with Gasteiger partial charge in [-0.25, -0.2) is 0 Å². The summed E-state index contributed by atoms with van der Waals surface area (Å²) in [7, 11) is 0. The lowest BCUT2D eigenvalue weighted by molar-refractivity contribution is 0.0163. The molecular weight excluding hydrogens is 214 g/mol. The molecule has 1 fully saturated rings. The highest BCUT2D eigenvalue weighted by Crippen LogP contribution is 2.20. The van der Waals surface area contributed by atoms with Crippen LogP contribution in [-0.2, 0) is 0 Å². The zero-order valence-corrected chi connectivity index (χ0v) is 9.07. The summed E-state index contributed by atoms with van der Waals surface area (Å²) in [4.78, 5) is 0. The van der Waals surface area contributed by atoms with Crippen LogP contribution in [0.5, 0.6) is 5.75 Å². The van der Waals surface area contributed by atoms with E-state index in [-0.39, 0.29) is 6.10 Å². The van der Waals surface area contributed by atoms with E-state index in [1.807, 2.05) is 12.1 Å². The van der Waals surface area contributed by atoms with Gasteiger partial charge in [0, 0.05) is 11.6 Å². The standard InChI is InChI=1S/C11H14ClNO2/c12-8-2-1-3-9(6-8)15-11-4-5-13-7-10(11)14/h1-3,6,10-11,13-14H,4-5,7H2/t10-,11+/m0/s1. The van der Waals surface area contributed by atoms with E-state index in [2.05, 4.69) is 5.32 Å². The van der Waals surface area contributed by atoms with Crippen LogP contribution < -0.4 is 10.1 Å². The summed E-state index contributed by atoms with van der Waals surface area (Å²) in [5, 5.41) is 13.4. The zero-order chi connectivity index (χ0) is 10.7. The first-order valence-corrected chi connectivity index (χ1v) is 5.44. The number of piperidine rings is 1. The largest absolute Gasteiger partial charge is 0.488 e. The summed E-state index contributed by atoms with van der Waals surface area (Å²) >= 11 is 5.84. The molecule has 4 heteroatoms. The third-order valence-corrected chi connectivity index (χ3v) is 2.71. The SMILES string of the molecule is O[C@H]1CNCC[C@H]1Oc1cccc(Cl)c1. The lowest BCUT2D eigenvalue weighted by Crippen LogP contribution is -2.46. The van der Waals surface area contributed by atoms with E-state index in [0.717, 1.165) is 13.0 Å². The van der Waals surface area contributed by atoms with Crippen molar-refractivity contribution in [2.75, 3.05) is 13.1 Å². The van der Waals surface area contributed by atoms with Gasteiger partial charge in [0.1, 0.15) is 18.0 Å². The molecule has 1 aliphatic rings. The van der Waals surface area contributed by atoms with Crippen molar-refractivity contribution in [3.05, 3.63) is 29.3 Å². The van der Waals surface area contributed by atoms with Gasteiger partial charge >= 0.3 is 0 Å². The summed E-state index contributed by atoms with van der Waals surface area (Å²) < 4.78 is 5.67. The first-order chi connectivity index (χ1) is 7.25. The Hall–Kier alpha value is -0.770. The Morgan fingerprint density at radius 3 is 3.07 bits per heavy atom. The van der Waals surface area contributed by atoms with Crippen LogP contribution >= 0.6 is 11.6 Å². The molecule has 1 aliphatic heterocycles. The Kier molecular flexibility index (Phi) is 3.46. The van der Waals surface area contributed by atoms with E-state index >= 15 is 0 Å². The minimum absolute atomic E-state index is 0.135. The number of aliphatic hydroxyl groups is 1. The van der Waals surface area contributed by atoms with Crippen molar-refractivity contribution >= 4 is 11.6 Å². The molecule has 2 atom stereocenters. The summed E-state index contributed by atoms with van der Waals surface area (Å²) in [6.45, 7) is 1.47. The number of β-amino-alcohol motifs (C(OH)–C–C–N with tert-alkyl or cyclic N) is 1. The lowest BCUT2D eigenvalue weighted by atomic mass is 10.1. The first kappa shape index (κ1) is 10.7. The Morgan fingerprint density at radius 1 is 1.47 bits per heavy atom. The maximum absolute atomic E-state index is 9.68. The number of hydrogen-bond acceptors (Lipinski definition) is 3. The molecule has 0 unspecified atom stereocenters. The summed E-state index contributed by atoms with van der Waals surface area (Å²) in [6, 6.07) is 7.25. The van der Waals surface area contributed by atoms with Crippen LogP contribution in [0, 0.1) is 0 Å². The predicted octanol–water partition coefficient (Wildman–Crippen LogP) is 1.44. The van der Waals surface area contributed by atoms with Crippen molar-refractivity contribution in [2.24, 2.45) is 0 Å². The van der Waals surface area contributed by atoms with E-state index in [1.165, 1.54) is 0 Å². The van der Waals surface area contributed by atoms with Crippen molar-refractivity contribution in [1.82, 2.24) is 5.32 Å². The van der Waals surface area contributed by atoms with Gasteiger partial charge in [0.05, 0.1) is 0 Å². The normalized spacial score (nSPS) is 26.3. The van der Waals surface area contributed by atoms with E-state index in [9.17, 15) is 5.11 Å². The van der Waals surface area contributed by atoms with E-state index < -0.39 is 6.10 Å². The molecule has 0 radical (unpaired) electrons. The fourth-order valence-electron chi connectivity index (χ4n) is 1.67. The van der Waals surface area contributed by atoms with Gasteiger partial charge in [-0.2, -0.15) is 0 Å². The van der Waals surface area contributed by atoms with Crippen LogP contribution in [0.4, 0.5) is 0 Å². The molecule has 1 aromatic carbocycles. The number of rotatable bonds is 2. The van der Waals surface area contributed by atoms with Gasteiger partial charge in [-0.1, -0.05) is 17.7 Å². The number of hydrogen-bond donors (Lipinski definition) is 2. The fraction of sp³-hybridized carbons (Fsp3) is 0.455. The van der Waals surface area contributed by atoms with Crippen LogP contribution in [0.25, 0.3) is 0 Å². The molecule has 82 valence electrons. The second kappa shape index (κ2) is 4.84. The summed E-state index contributed by atoms with van der Waals surface area (Å²) in [5.41, 5.74) is 0. The van der Waals surface area contributed by atoms with Crippen LogP contribution in [-0.4, -0.2) is 30.4 Å². The van der Waals surface area contributed by atoms with Crippen molar-refractivity contribution in [2.45, 2.75) is 18.6 Å². The molecule has 2 N–H and O–H groups in total. The van der Waals surface area contributed by atoms with Crippen molar-refractivity contribution in [3.63, 3.8) is 0 Å². The zero-order valence-electron chi connectivity index (χ0n) is 8.32. The van der Waals surface area contributed by atoms with Crippen LogP contribution in [0.15, 0.2) is 24.3 Å². The molecule has 0 bridgehead atoms. The molecule has 1 heterocycles. The van der Waals surface area contributed by atoms with E-state index in [1.54, 1.807) is 12.1 Å². The maximum Gasteiger partial charge on any atom is 0.127 e. The number of halogens is 1. The number of aliphatic hydroxyl groups excluding tert-OH is 1. The topological polar surface area (TPSA) is 41.5 Å². The van der Waals surface area contributed by atoms with Crippen molar-refractivity contribution in [3.8, 4) is 5.75 Å². The van der Waals surface area contributed by atoms with Crippen LogP contribution in [0.2, 0.25) is 5.02 Å². The van der Waals surface area contributed by atoms with Gasteiger partial charge in [-0.15, -0.1) is 0 Å². The molecule has 2 rings (SSSR count). The molecular formula is C11H14ClNO2. The lowest BCUT2D eigenvalue weighted by Gasteiger charge is -2.28. The van der Waals surface area contributed by atoms with Gasteiger partial charge in [0.25, 0.3) is 0 Å². The number of benzene rings is 1. The van der Waals surface area contributed by atoms with Crippen molar-refractivity contribution in [1.29, 1.82) is 0 Å². The summed E-state index contributed by atoms with van der Waals surface area (Å²) in [5.74, 6) is 0.716. The van der Waals surface area contributed by atoms with Gasteiger partial charge < -0.3 is 15.2 Å². The summed E-state index contributed by atoms with van der Waals surface area (Å²) in [6.07, 6.45) is 0.232. The Labute approximate surface area is 94.0 Å². The minimum Gasteiger partial charge on any atom is -0.488 e. The molecule has 0 saturated carbocycles. The minimum atomic E-state index is -0.447. The highest BCUT2D eigenvalue weighted by Gasteiger charge is 2.24. The Balaban J connectivity index is 2.01. The monoisotopic (exact) mass is 227 g/mol. The Morgan fingerprint density at radius 2 is 2.33 bits per heavy atom. The smallest absolute Gasteiger partial charge is 0.127 e. The molecule has 0 aromatic heterocycles. The molecule has 1 saturated heterocycles. The number of ether oxygens (including phenoxy) is 1.